The molecule has 0 aliphatic carbocycles. The maximum absolute atomic E-state index is 11.1. The Morgan fingerprint density at radius 3 is 2.77 bits per heavy atom. The van der Waals surface area contributed by atoms with Crippen molar-refractivity contribution in [2.24, 2.45) is 0 Å². The third-order valence-electron chi connectivity index (χ3n) is 1.38. The van der Waals surface area contributed by atoms with Gasteiger partial charge in [0.15, 0.2) is 3.92 Å². The van der Waals surface area contributed by atoms with Crippen LogP contribution in [0.5, 0.6) is 0 Å². The molecule has 0 spiro atoms. The fourth-order valence-corrected chi connectivity index (χ4v) is 1.83. The first-order valence-corrected chi connectivity index (χ1v) is 5.21. The maximum Gasteiger partial charge on any atom is 0.242 e. The molecule has 1 aromatic rings. The number of hydrogen-bond donors (Lipinski definition) is 2. The van der Waals surface area contributed by atoms with Crippen LogP contribution in [-0.4, -0.2) is 29.2 Å². The van der Waals surface area contributed by atoms with Gasteiger partial charge in [-0.2, -0.15) is 0 Å². The Hall–Kier alpha value is -0.690. The number of nitrogens with zero attached hydrogens (tertiary/aromatic N) is 2. The van der Waals surface area contributed by atoms with Gasteiger partial charge in [-0.3, -0.25) is 4.79 Å². The van der Waals surface area contributed by atoms with E-state index in [9.17, 15) is 4.79 Å². The van der Waals surface area contributed by atoms with E-state index >= 15 is 0 Å². The zero-order valence-electron chi connectivity index (χ0n) is 7.17. The van der Waals surface area contributed by atoms with Crippen molar-refractivity contribution in [3.63, 3.8) is 0 Å². The molecule has 1 heterocycles. The second-order valence-corrected chi connectivity index (χ2v) is 4.59. The Kier molecular flexibility index (Phi) is 3.61. The number of amides is 1. The van der Waals surface area contributed by atoms with E-state index in [2.05, 4.69) is 36.8 Å². The molecular formula is C6H9BrN4OS. The number of halogens is 1. The molecule has 0 unspecified atom stereocenters. The highest BCUT2D eigenvalue weighted by Crippen LogP contribution is 2.20. The second kappa shape index (κ2) is 4.52. The van der Waals surface area contributed by atoms with Crippen molar-refractivity contribution in [1.29, 1.82) is 0 Å². The van der Waals surface area contributed by atoms with E-state index in [1.807, 2.05) is 0 Å². The molecular weight excluding hydrogens is 256 g/mol. The van der Waals surface area contributed by atoms with Crippen LogP contribution in [0.15, 0.2) is 3.92 Å². The first-order chi connectivity index (χ1) is 6.13. The average Bonchev–Trinajstić information content (AvgIpc) is 2.49. The molecule has 1 amide bonds. The molecule has 0 fully saturated rings. The number of hydrogen-bond acceptors (Lipinski definition) is 5. The lowest BCUT2D eigenvalue weighted by Crippen LogP contribution is -2.35. The van der Waals surface area contributed by atoms with Crippen molar-refractivity contribution < 1.29 is 4.79 Å². The average molecular weight is 265 g/mol. The molecule has 0 aromatic carbocycles. The smallest absolute Gasteiger partial charge is 0.242 e. The summed E-state index contributed by atoms with van der Waals surface area (Å²) in [4.78, 5) is 11.1. The van der Waals surface area contributed by atoms with Gasteiger partial charge in [-0.15, -0.1) is 10.2 Å². The van der Waals surface area contributed by atoms with Crippen molar-refractivity contribution in [1.82, 2.24) is 15.5 Å². The minimum Gasteiger partial charge on any atom is -0.357 e. The quantitative estimate of drug-likeness (QED) is 0.850. The van der Waals surface area contributed by atoms with Gasteiger partial charge in [0.05, 0.1) is 0 Å². The highest BCUT2D eigenvalue weighted by atomic mass is 79.9. The number of aromatic nitrogens is 2. The molecule has 0 bridgehead atoms. The van der Waals surface area contributed by atoms with Crippen LogP contribution in [0.1, 0.15) is 6.92 Å². The summed E-state index contributed by atoms with van der Waals surface area (Å²) in [6.07, 6.45) is 0. The van der Waals surface area contributed by atoms with Gasteiger partial charge >= 0.3 is 0 Å². The number of rotatable bonds is 3. The van der Waals surface area contributed by atoms with Crippen LogP contribution in [0.25, 0.3) is 0 Å². The van der Waals surface area contributed by atoms with Crippen LogP contribution in [0, 0.1) is 0 Å². The first kappa shape index (κ1) is 10.4. The molecule has 0 saturated heterocycles. The first-order valence-electron chi connectivity index (χ1n) is 3.60. The topological polar surface area (TPSA) is 66.9 Å². The molecule has 72 valence electrons. The van der Waals surface area contributed by atoms with Crippen LogP contribution in [0.2, 0.25) is 0 Å². The largest absolute Gasteiger partial charge is 0.357 e. The summed E-state index contributed by atoms with van der Waals surface area (Å²) in [6, 6.07) is -0.301. The third kappa shape index (κ3) is 2.92. The molecule has 2 N–H and O–H groups in total. The third-order valence-corrected chi connectivity index (χ3v) is 2.67. The van der Waals surface area contributed by atoms with Gasteiger partial charge in [-0.1, -0.05) is 11.3 Å². The highest BCUT2D eigenvalue weighted by molar-refractivity contribution is 9.11. The number of carbonyl (C=O) groups is 1. The molecule has 1 aromatic heterocycles. The normalized spacial score (nSPS) is 12.2. The molecule has 0 saturated carbocycles. The lowest BCUT2D eigenvalue weighted by Gasteiger charge is -2.09. The summed E-state index contributed by atoms with van der Waals surface area (Å²) in [5.41, 5.74) is 0. The summed E-state index contributed by atoms with van der Waals surface area (Å²) in [5.74, 6) is -0.0775. The monoisotopic (exact) mass is 264 g/mol. The summed E-state index contributed by atoms with van der Waals surface area (Å²) in [5, 5.41) is 13.6. The molecule has 0 radical (unpaired) electrons. The van der Waals surface area contributed by atoms with Crippen LogP contribution >= 0.6 is 27.3 Å². The molecule has 0 aliphatic heterocycles. The summed E-state index contributed by atoms with van der Waals surface area (Å²) in [7, 11) is 1.59. The maximum atomic E-state index is 11.1. The van der Waals surface area contributed by atoms with Crippen LogP contribution in [-0.2, 0) is 4.79 Å². The van der Waals surface area contributed by atoms with Gasteiger partial charge in [-0.05, 0) is 22.9 Å². The summed E-state index contributed by atoms with van der Waals surface area (Å²) in [6.45, 7) is 1.76. The van der Waals surface area contributed by atoms with E-state index in [-0.39, 0.29) is 11.9 Å². The zero-order valence-corrected chi connectivity index (χ0v) is 9.57. The van der Waals surface area contributed by atoms with Gasteiger partial charge in [-0.25, -0.2) is 0 Å². The van der Waals surface area contributed by atoms with Crippen molar-refractivity contribution in [2.45, 2.75) is 13.0 Å². The van der Waals surface area contributed by atoms with Crippen molar-refractivity contribution >= 4 is 38.3 Å². The molecule has 1 atom stereocenters. The van der Waals surface area contributed by atoms with E-state index in [1.54, 1.807) is 14.0 Å². The lowest BCUT2D eigenvalue weighted by molar-refractivity contribution is -0.121. The van der Waals surface area contributed by atoms with E-state index in [0.29, 0.717) is 9.05 Å². The Balaban J connectivity index is 2.54. The molecule has 7 heteroatoms. The van der Waals surface area contributed by atoms with Gasteiger partial charge in [0.2, 0.25) is 11.0 Å². The van der Waals surface area contributed by atoms with Crippen molar-refractivity contribution in [3.05, 3.63) is 3.92 Å². The minimum atomic E-state index is -0.301. The Bertz CT molecular complexity index is 303. The summed E-state index contributed by atoms with van der Waals surface area (Å²) >= 11 is 4.53. The molecule has 1 rings (SSSR count). The second-order valence-electron chi connectivity index (χ2n) is 2.34. The van der Waals surface area contributed by atoms with Gasteiger partial charge < -0.3 is 10.6 Å². The summed E-state index contributed by atoms with van der Waals surface area (Å²) < 4.78 is 0.694. The molecule has 0 aliphatic rings. The Morgan fingerprint density at radius 2 is 2.31 bits per heavy atom. The zero-order chi connectivity index (χ0) is 9.84. The fraction of sp³-hybridized carbons (Fsp3) is 0.500. The van der Waals surface area contributed by atoms with Crippen molar-refractivity contribution in [2.75, 3.05) is 12.4 Å². The molecule has 5 nitrogen and oxygen atoms in total. The number of anilines is 1. The van der Waals surface area contributed by atoms with Crippen LogP contribution in [0.3, 0.4) is 0 Å². The predicted molar refractivity (Wildman–Crippen MR) is 54.8 cm³/mol. The van der Waals surface area contributed by atoms with Gasteiger partial charge in [0.1, 0.15) is 6.04 Å². The predicted octanol–water partition coefficient (Wildman–Crippen LogP) is 0.847. The minimum absolute atomic E-state index is 0.0775. The van der Waals surface area contributed by atoms with E-state index in [1.165, 1.54) is 11.3 Å². The molecule has 13 heavy (non-hydrogen) atoms. The lowest BCUT2D eigenvalue weighted by atomic mass is 10.3. The Morgan fingerprint density at radius 1 is 1.62 bits per heavy atom. The van der Waals surface area contributed by atoms with Gasteiger partial charge in [0.25, 0.3) is 0 Å². The van der Waals surface area contributed by atoms with Gasteiger partial charge in [0, 0.05) is 7.05 Å². The number of carbonyl (C=O) groups excluding carboxylic acids is 1. The number of nitrogens with one attached hydrogen (secondary N) is 2. The van der Waals surface area contributed by atoms with E-state index < -0.39 is 0 Å². The van der Waals surface area contributed by atoms with E-state index in [0.717, 1.165) is 0 Å². The highest BCUT2D eigenvalue weighted by Gasteiger charge is 2.12. The van der Waals surface area contributed by atoms with Crippen LogP contribution in [0.4, 0.5) is 5.13 Å². The Labute approximate surface area is 88.1 Å². The number of likely N-dealkylation sites (N-methyl/N-ethyl adjacent to an activating group) is 1. The fourth-order valence-electron chi connectivity index (χ4n) is 0.731. The van der Waals surface area contributed by atoms with Crippen LogP contribution < -0.4 is 10.6 Å². The standard InChI is InChI=1S/C6H9BrN4OS/c1-3(4(12)8-2)9-6-11-10-5(7)13-6/h3H,1-2H3,(H,8,12)(H,9,11)/t3-/m0/s1. The van der Waals surface area contributed by atoms with E-state index in [4.69, 9.17) is 0 Å². The SMILES string of the molecule is CNC(=O)[C@H](C)Nc1nnc(Br)s1. The van der Waals surface area contributed by atoms with Crippen molar-refractivity contribution in [3.8, 4) is 0 Å².